The highest BCUT2D eigenvalue weighted by molar-refractivity contribution is 5.94. The molecule has 0 unspecified atom stereocenters. The second-order valence-corrected chi connectivity index (χ2v) is 6.10. The zero-order valence-electron chi connectivity index (χ0n) is 11.6. The smallest absolute Gasteiger partial charge is 0.255 e. The van der Waals surface area contributed by atoms with Crippen molar-refractivity contribution in [2.24, 2.45) is 5.92 Å². The molecule has 0 bridgehead atoms. The van der Waals surface area contributed by atoms with Crippen molar-refractivity contribution < 1.29 is 4.79 Å². The maximum absolute atomic E-state index is 12.7. The molecule has 0 spiro atoms. The molecule has 0 N–H and O–H groups in total. The highest BCUT2D eigenvalue weighted by Gasteiger charge is 2.38. The van der Waals surface area contributed by atoms with Crippen molar-refractivity contribution in [3.63, 3.8) is 0 Å². The van der Waals surface area contributed by atoms with E-state index in [1.54, 1.807) is 12.4 Å². The summed E-state index contributed by atoms with van der Waals surface area (Å²) in [4.78, 5) is 18.9. The molecule has 2 aliphatic rings. The fourth-order valence-electron chi connectivity index (χ4n) is 3.14. The molecule has 0 radical (unpaired) electrons. The molecule has 1 heterocycles. The van der Waals surface area contributed by atoms with Gasteiger partial charge in [0.15, 0.2) is 0 Å². The molecule has 2 saturated carbocycles. The number of carbonyl (C=O) groups is 1. The van der Waals surface area contributed by atoms with Crippen molar-refractivity contribution in [3.05, 3.63) is 30.1 Å². The third-order valence-electron chi connectivity index (χ3n) is 4.46. The molecule has 0 atom stereocenters. The summed E-state index contributed by atoms with van der Waals surface area (Å²) >= 11 is 0. The van der Waals surface area contributed by atoms with E-state index in [1.165, 1.54) is 38.5 Å². The summed E-state index contributed by atoms with van der Waals surface area (Å²) in [5.74, 6) is 1.01. The van der Waals surface area contributed by atoms with Gasteiger partial charge in [0.05, 0.1) is 5.56 Å². The molecule has 2 fully saturated rings. The van der Waals surface area contributed by atoms with Gasteiger partial charge in [0.1, 0.15) is 0 Å². The monoisotopic (exact) mass is 258 g/mol. The summed E-state index contributed by atoms with van der Waals surface area (Å²) in [6.45, 7) is 2.32. The number of carbonyl (C=O) groups excluding carboxylic acids is 1. The van der Waals surface area contributed by atoms with E-state index in [9.17, 15) is 4.79 Å². The average molecular weight is 258 g/mol. The van der Waals surface area contributed by atoms with Crippen molar-refractivity contribution in [3.8, 4) is 0 Å². The summed E-state index contributed by atoms with van der Waals surface area (Å²) in [6.07, 6.45) is 10.6. The van der Waals surface area contributed by atoms with Gasteiger partial charge in [0.2, 0.25) is 0 Å². The summed E-state index contributed by atoms with van der Waals surface area (Å²) in [7, 11) is 0. The number of amides is 1. The topological polar surface area (TPSA) is 33.2 Å². The van der Waals surface area contributed by atoms with Gasteiger partial charge in [-0.15, -0.1) is 0 Å². The first kappa shape index (κ1) is 12.6. The first-order valence-corrected chi connectivity index (χ1v) is 7.48. The molecule has 19 heavy (non-hydrogen) atoms. The number of hydrogen-bond acceptors (Lipinski definition) is 2. The normalized spacial score (nSPS) is 27.0. The molecule has 102 valence electrons. The van der Waals surface area contributed by atoms with Gasteiger partial charge in [-0.2, -0.15) is 0 Å². The Hall–Kier alpha value is -1.38. The fraction of sp³-hybridized carbons (Fsp3) is 0.625. The van der Waals surface area contributed by atoms with Gasteiger partial charge in [-0.25, -0.2) is 0 Å². The molecule has 0 saturated heterocycles. The lowest BCUT2D eigenvalue weighted by Gasteiger charge is -2.36. The highest BCUT2D eigenvalue weighted by Crippen LogP contribution is 2.36. The summed E-state index contributed by atoms with van der Waals surface area (Å²) in [5, 5.41) is 0. The highest BCUT2D eigenvalue weighted by atomic mass is 16.2. The van der Waals surface area contributed by atoms with E-state index >= 15 is 0 Å². The van der Waals surface area contributed by atoms with Crippen LogP contribution in [0.25, 0.3) is 0 Å². The molecule has 1 amide bonds. The second kappa shape index (κ2) is 5.32. The molecule has 3 heteroatoms. The van der Waals surface area contributed by atoms with Gasteiger partial charge in [-0.05, 0) is 56.6 Å². The quantitative estimate of drug-likeness (QED) is 0.833. The SMILES string of the molecule is CC1CCC(N(C(=O)c2cccnc2)C2CC2)CC1. The maximum atomic E-state index is 12.7. The van der Waals surface area contributed by atoms with Crippen molar-refractivity contribution >= 4 is 5.91 Å². The molecular weight excluding hydrogens is 236 g/mol. The Kier molecular flexibility index (Phi) is 3.54. The van der Waals surface area contributed by atoms with Crippen LogP contribution in [0.4, 0.5) is 0 Å². The molecule has 1 aromatic rings. The Labute approximate surface area is 115 Å². The third-order valence-corrected chi connectivity index (χ3v) is 4.46. The molecule has 0 aromatic carbocycles. The predicted molar refractivity (Wildman–Crippen MR) is 74.8 cm³/mol. The molecule has 3 nitrogen and oxygen atoms in total. The summed E-state index contributed by atoms with van der Waals surface area (Å²) in [5.41, 5.74) is 0.744. The predicted octanol–water partition coefficient (Wildman–Crippen LogP) is 3.26. The first-order valence-electron chi connectivity index (χ1n) is 7.48. The molecule has 3 rings (SSSR count). The Morgan fingerprint density at radius 2 is 1.79 bits per heavy atom. The minimum absolute atomic E-state index is 0.190. The van der Waals surface area contributed by atoms with E-state index < -0.39 is 0 Å². The molecule has 1 aromatic heterocycles. The number of nitrogens with zero attached hydrogens (tertiary/aromatic N) is 2. The van der Waals surface area contributed by atoms with Gasteiger partial charge in [-0.1, -0.05) is 6.92 Å². The Morgan fingerprint density at radius 1 is 1.16 bits per heavy atom. The van der Waals surface area contributed by atoms with Crippen LogP contribution in [0.2, 0.25) is 0 Å². The van der Waals surface area contributed by atoms with Crippen LogP contribution in [0.3, 0.4) is 0 Å². The van der Waals surface area contributed by atoms with Gasteiger partial charge in [-0.3, -0.25) is 9.78 Å². The van der Waals surface area contributed by atoms with Crippen LogP contribution in [-0.4, -0.2) is 27.9 Å². The standard InChI is InChI=1S/C16H22N2O/c1-12-4-6-14(7-5-12)18(15-8-9-15)16(19)13-3-2-10-17-11-13/h2-3,10-12,14-15H,4-9H2,1H3. The number of pyridine rings is 1. The Bertz CT molecular complexity index is 433. The third kappa shape index (κ3) is 2.80. The van der Waals surface area contributed by atoms with E-state index in [1.807, 2.05) is 12.1 Å². The van der Waals surface area contributed by atoms with Gasteiger partial charge in [0.25, 0.3) is 5.91 Å². The fourth-order valence-corrected chi connectivity index (χ4v) is 3.14. The number of rotatable bonds is 3. The van der Waals surface area contributed by atoms with Crippen molar-refractivity contribution in [2.45, 2.75) is 57.5 Å². The lowest BCUT2D eigenvalue weighted by Crippen LogP contribution is -2.43. The second-order valence-electron chi connectivity index (χ2n) is 6.10. The van der Waals surface area contributed by atoms with Gasteiger partial charge < -0.3 is 4.90 Å². The van der Waals surface area contributed by atoms with Crippen LogP contribution >= 0.6 is 0 Å². The maximum Gasteiger partial charge on any atom is 0.255 e. The summed E-state index contributed by atoms with van der Waals surface area (Å²) < 4.78 is 0. The van der Waals surface area contributed by atoms with Crippen molar-refractivity contribution in [1.29, 1.82) is 0 Å². The van der Waals surface area contributed by atoms with Crippen molar-refractivity contribution in [2.75, 3.05) is 0 Å². The number of aromatic nitrogens is 1. The van der Waals surface area contributed by atoms with E-state index in [0.29, 0.717) is 12.1 Å². The minimum Gasteiger partial charge on any atom is -0.333 e. The van der Waals surface area contributed by atoms with E-state index in [2.05, 4.69) is 16.8 Å². The van der Waals surface area contributed by atoms with Crippen LogP contribution in [0.5, 0.6) is 0 Å². The average Bonchev–Trinajstić information content (AvgIpc) is 3.27. The van der Waals surface area contributed by atoms with E-state index in [-0.39, 0.29) is 5.91 Å². The van der Waals surface area contributed by atoms with Crippen LogP contribution in [0.15, 0.2) is 24.5 Å². The first-order chi connectivity index (χ1) is 9.25. The Balaban J connectivity index is 1.76. The largest absolute Gasteiger partial charge is 0.333 e. The van der Waals surface area contributed by atoms with Gasteiger partial charge in [0, 0.05) is 24.5 Å². The lowest BCUT2D eigenvalue weighted by molar-refractivity contribution is 0.0592. The molecule has 2 aliphatic carbocycles. The molecular formula is C16H22N2O. The zero-order chi connectivity index (χ0) is 13.2. The van der Waals surface area contributed by atoms with Crippen LogP contribution in [0.1, 0.15) is 55.8 Å². The van der Waals surface area contributed by atoms with Gasteiger partial charge >= 0.3 is 0 Å². The van der Waals surface area contributed by atoms with Crippen LogP contribution in [-0.2, 0) is 0 Å². The van der Waals surface area contributed by atoms with Crippen LogP contribution in [0, 0.1) is 5.92 Å². The molecule has 0 aliphatic heterocycles. The zero-order valence-corrected chi connectivity index (χ0v) is 11.6. The number of hydrogen-bond donors (Lipinski definition) is 0. The van der Waals surface area contributed by atoms with E-state index in [0.717, 1.165) is 11.5 Å². The van der Waals surface area contributed by atoms with Crippen LogP contribution < -0.4 is 0 Å². The Morgan fingerprint density at radius 3 is 2.32 bits per heavy atom. The van der Waals surface area contributed by atoms with Crippen molar-refractivity contribution in [1.82, 2.24) is 9.88 Å². The lowest BCUT2D eigenvalue weighted by atomic mass is 9.86. The minimum atomic E-state index is 0.190. The summed E-state index contributed by atoms with van der Waals surface area (Å²) in [6, 6.07) is 4.68. The van der Waals surface area contributed by atoms with E-state index in [4.69, 9.17) is 0 Å².